The minimum absolute atomic E-state index is 0.169. The van der Waals surface area contributed by atoms with Crippen LogP contribution in [-0.4, -0.2) is 25.7 Å². The van der Waals surface area contributed by atoms with Crippen LogP contribution in [0.2, 0.25) is 0 Å². The van der Waals surface area contributed by atoms with Gasteiger partial charge >= 0.3 is 199 Å². The van der Waals surface area contributed by atoms with Crippen LogP contribution in [0.15, 0.2) is 53.5 Å². The second kappa shape index (κ2) is 8.50. The molecule has 6 heterocycles. The van der Waals surface area contributed by atoms with Crippen LogP contribution in [-0.2, 0) is 51.3 Å². The molecule has 2 aromatic carbocycles. The van der Waals surface area contributed by atoms with Gasteiger partial charge in [-0.15, -0.1) is 0 Å². The van der Waals surface area contributed by atoms with E-state index in [9.17, 15) is 17.6 Å². The second-order valence-electron chi connectivity index (χ2n) is 8.67. The molecule has 0 aliphatic carbocycles. The first-order valence-corrected chi connectivity index (χ1v) is 14.7. The zero-order chi connectivity index (χ0) is 24.3. The molecule has 6 fully saturated rings. The van der Waals surface area contributed by atoms with Crippen molar-refractivity contribution >= 4 is 22.1 Å². The average molecular weight is 535 g/mol. The van der Waals surface area contributed by atoms with Gasteiger partial charge in [-0.05, 0) is 0 Å². The van der Waals surface area contributed by atoms with Crippen LogP contribution in [0.5, 0.6) is 0 Å². The predicted octanol–water partition coefficient (Wildman–Crippen LogP) is 6.13. The molecule has 35 heavy (non-hydrogen) atoms. The van der Waals surface area contributed by atoms with Gasteiger partial charge in [0.25, 0.3) is 0 Å². The third kappa shape index (κ3) is 3.85. The van der Waals surface area contributed by atoms with Crippen LogP contribution in [0, 0.1) is 0 Å². The molecule has 8 rings (SSSR count). The van der Waals surface area contributed by atoms with Crippen molar-refractivity contribution in [3.05, 3.63) is 70.8 Å². The fourth-order valence-electron chi connectivity index (χ4n) is 4.16. The van der Waals surface area contributed by atoms with E-state index in [-0.39, 0.29) is 11.1 Å². The SMILES string of the molecule is FC(F)(c1ccc(CC/C=N\CCCc2ccc(C(F)(F)[PH]34OC(O3)O4)cc2)cc1)[PH]12OC(O1)O2. The van der Waals surface area contributed by atoms with Crippen LogP contribution in [0.4, 0.5) is 17.6 Å². The summed E-state index contributed by atoms with van der Waals surface area (Å²) in [7, 11) is -7.65. The van der Waals surface area contributed by atoms with E-state index in [0.717, 1.165) is 17.5 Å². The Morgan fingerprint density at radius 3 is 1.51 bits per heavy atom. The first kappa shape index (κ1) is 23.8. The second-order valence-corrected chi connectivity index (χ2v) is 13.6. The molecule has 0 radical (unpaired) electrons. The maximum absolute atomic E-state index is 14.5. The molecule has 4 bridgehead atoms. The summed E-state index contributed by atoms with van der Waals surface area (Å²) in [5.74, 6) is 0. The number of benzene rings is 2. The topological polar surface area (TPSA) is 67.7 Å². The van der Waals surface area contributed by atoms with Crippen molar-refractivity contribution in [2.75, 3.05) is 6.54 Å². The molecule has 6 aliphatic rings. The molecule has 0 atom stereocenters. The summed E-state index contributed by atoms with van der Waals surface area (Å²) in [5, 5.41) is 0. The Kier molecular flexibility index (Phi) is 5.79. The van der Waals surface area contributed by atoms with Gasteiger partial charge in [-0.1, -0.05) is 0 Å². The number of hydrogen-bond donors (Lipinski definition) is 0. The third-order valence-electron chi connectivity index (χ3n) is 6.35. The van der Waals surface area contributed by atoms with E-state index >= 15 is 0 Å². The van der Waals surface area contributed by atoms with E-state index in [1.165, 1.54) is 24.3 Å². The maximum atomic E-state index is 14.5. The number of aliphatic imine (C=N–C) groups is 1. The molecule has 0 spiro atoms. The Labute approximate surface area is 199 Å². The van der Waals surface area contributed by atoms with Gasteiger partial charge < -0.3 is 0 Å². The summed E-state index contributed by atoms with van der Waals surface area (Å²) in [6, 6.07) is 12.2. The van der Waals surface area contributed by atoms with E-state index in [1.54, 1.807) is 24.3 Å². The molecule has 0 unspecified atom stereocenters. The summed E-state index contributed by atoms with van der Waals surface area (Å²) < 4.78 is 87.4. The van der Waals surface area contributed by atoms with Crippen molar-refractivity contribution in [2.45, 2.75) is 50.0 Å². The summed E-state index contributed by atoms with van der Waals surface area (Å²) in [6.45, 7) is -1.21. The van der Waals surface area contributed by atoms with Crippen LogP contribution in [0.25, 0.3) is 0 Å². The molecule has 0 saturated carbocycles. The zero-order valence-electron chi connectivity index (χ0n) is 18.3. The number of aryl methyl sites for hydroxylation is 2. The summed E-state index contributed by atoms with van der Waals surface area (Å²) in [5.41, 5.74) is -5.00. The standard InChI is InChI=1S/C22H23F4NO6P2/c23-21(24,34-28-19(29-34)30-34)17-9-5-15(6-10-17)3-1-13-27-14-2-4-16-7-11-18(12-8-16)22(25,26)35-31-20(32-35)33-35/h5-13,19-20,34-35H,1-4,14H2/b27-13-. The van der Waals surface area contributed by atoms with Gasteiger partial charge in [-0.25, -0.2) is 0 Å². The van der Waals surface area contributed by atoms with E-state index in [4.69, 9.17) is 27.1 Å². The van der Waals surface area contributed by atoms with E-state index < -0.39 is 40.2 Å². The van der Waals surface area contributed by atoms with Gasteiger partial charge in [-0.2, -0.15) is 0 Å². The Balaban J connectivity index is 0.912. The van der Waals surface area contributed by atoms with E-state index in [0.29, 0.717) is 25.8 Å². The molecule has 0 N–H and O–H groups in total. The van der Waals surface area contributed by atoms with E-state index in [1.807, 2.05) is 6.21 Å². The Bertz CT molecular complexity index is 1100. The molecule has 0 aromatic heterocycles. The predicted molar refractivity (Wildman–Crippen MR) is 121 cm³/mol. The summed E-state index contributed by atoms with van der Waals surface area (Å²) >= 11 is 0. The van der Waals surface area contributed by atoms with Crippen LogP contribution >= 0.6 is 15.9 Å². The molecule has 13 heteroatoms. The van der Waals surface area contributed by atoms with Crippen molar-refractivity contribution in [3.8, 4) is 0 Å². The molecular formula is C22H23F4NO6P2. The number of hydrogen-bond acceptors (Lipinski definition) is 7. The van der Waals surface area contributed by atoms with Crippen LogP contribution in [0.1, 0.15) is 35.1 Å². The number of halogens is 4. The van der Waals surface area contributed by atoms with Crippen molar-refractivity contribution in [1.82, 2.24) is 0 Å². The Morgan fingerprint density at radius 2 is 1.11 bits per heavy atom. The number of nitrogens with zero attached hydrogens (tertiary/aromatic N) is 1. The number of rotatable bonds is 11. The molecule has 2 aromatic rings. The summed E-state index contributed by atoms with van der Waals surface area (Å²) in [4.78, 5) is 4.37. The summed E-state index contributed by atoms with van der Waals surface area (Å²) in [6.07, 6.45) is 4.63. The van der Waals surface area contributed by atoms with Gasteiger partial charge in [0.15, 0.2) is 0 Å². The molecule has 7 nitrogen and oxygen atoms in total. The third-order valence-corrected chi connectivity index (χ3v) is 11.5. The van der Waals surface area contributed by atoms with Crippen molar-refractivity contribution < 1.29 is 44.7 Å². The van der Waals surface area contributed by atoms with Crippen molar-refractivity contribution in [1.29, 1.82) is 0 Å². The molecule has 190 valence electrons. The van der Waals surface area contributed by atoms with Crippen molar-refractivity contribution in [3.63, 3.8) is 0 Å². The van der Waals surface area contributed by atoms with Crippen molar-refractivity contribution in [2.24, 2.45) is 4.99 Å². The fourth-order valence-corrected chi connectivity index (χ4v) is 7.71. The van der Waals surface area contributed by atoms with Crippen LogP contribution in [0.3, 0.4) is 0 Å². The van der Waals surface area contributed by atoms with E-state index in [2.05, 4.69) is 4.99 Å². The molecule has 0 amide bonds. The Morgan fingerprint density at radius 1 is 0.686 bits per heavy atom. The first-order chi connectivity index (χ1) is 16.7. The van der Waals surface area contributed by atoms with Gasteiger partial charge in [0.1, 0.15) is 0 Å². The van der Waals surface area contributed by atoms with Gasteiger partial charge in [-0.3, -0.25) is 0 Å². The van der Waals surface area contributed by atoms with Gasteiger partial charge in [0, 0.05) is 0 Å². The normalized spacial score (nSPS) is 27.2. The van der Waals surface area contributed by atoms with Gasteiger partial charge in [0.05, 0.1) is 0 Å². The van der Waals surface area contributed by atoms with Gasteiger partial charge in [0.2, 0.25) is 0 Å². The van der Waals surface area contributed by atoms with Crippen LogP contribution < -0.4 is 0 Å². The minimum atomic E-state index is -3.83. The molecular weight excluding hydrogens is 512 g/mol. The number of alkyl halides is 4. The molecule has 6 saturated heterocycles. The monoisotopic (exact) mass is 535 g/mol. The zero-order valence-corrected chi connectivity index (χ0v) is 20.3. The average Bonchev–Trinajstić information content (AvgIpc) is 2.68. The fraction of sp³-hybridized carbons (Fsp3) is 0.409. The molecule has 6 aliphatic heterocycles. The Hall–Kier alpha value is -1.55. The first-order valence-electron chi connectivity index (χ1n) is 11.2. The quantitative estimate of drug-likeness (QED) is 0.149.